The van der Waals surface area contributed by atoms with E-state index < -0.39 is 0 Å². The van der Waals surface area contributed by atoms with Crippen LogP contribution in [0.5, 0.6) is 0 Å². The number of hydrogen-bond acceptors (Lipinski definition) is 5. The van der Waals surface area contributed by atoms with Crippen LogP contribution in [0.4, 0.5) is 0 Å². The minimum atomic E-state index is -0.185. The van der Waals surface area contributed by atoms with Gasteiger partial charge in [0.2, 0.25) is 0 Å². The third-order valence-electron chi connectivity index (χ3n) is 4.85. The molecule has 0 saturated heterocycles. The summed E-state index contributed by atoms with van der Waals surface area (Å²) in [6, 6.07) is 16.4. The Kier molecular flexibility index (Phi) is 7.28. The second-order valence-corrected chi connectivity index (χ2v) is 9.31. The monoisotopic (exact) mass is 435 g/mol. The van der Waals surface area contributed by atoms with Crippen LogP contribution in [0.1, 0.15) is 44.4 Å². The summed E-state index contributed by atoms with van der Waals surface area (Å²) in [5, 5.41) is 13.4. The summed E-state index contributed by atoms with van der Waals surface area (Å²) in [4.78, 5) is 12.2. The molecule has 0 aliphatic heterocycles. The Morgan fingerprint density at radius 1 is 1.10 bits per heavy atom. The third-order valence-corrected chi connectivity index (χ3v) is 5.82. The molecule has 31 heavy (non-hydrogen) atoms. The Morgan fingerprint density at radius 2 is 1.77 bits per heavy atom. The van der Waals surface area contributed by atoms with Gasteiger partial charge in [0.25, 0.3) is 5.91 Å². The second-order valence-electron chi connectivity index (χ2n) is 8.37. The van der Waals surface area contributed by atoms with Gasteiger partial charge in [0.05, 0.1) is 12.0 Å². The lowest BCUT2D eigenvalue weighted by atomic mass is 9.87. The average molecular weight is 436 g/mol. The average Bonchev–Trinajstić information content (AvgIpc) is 3.15. The Hall–Kier alpha value is -2.93. The van der Waals surface area contributed by atoms with Crippen molar-refractivity contribution in [2.24, 2.45) is 5.10 Å². The zero-order valence-corrected chi connectivity index (χ0v) is 19.5. The predicted molar refractivity (Wildman–Crippen MR) is 127 cm³/mol. The Morgan fingerprint density at radius 3 is 2.39 bits per heavy atom. The van der Waals surface area contributed by atoms with Gasteiger partial charge in [-0.25, -0.2) is 5.43 Å². The maximum Gasteiger partial charge on any atom is 0.250 e. The highest BCUT2D eigenvalue weighted by Gasteiger charge is 2.15. The zero-order chi connectivity index (χ0) is 22.4. The number of benzene rings is 2. The standard InChI is InChI=1S/C24H29N5OS/c1-6-29-22(19-11-7-17(2)8-12-19)27-28-23(29)31-16-21(30)26-25-15-18-9-13-20(14-10-18)24(3,4)5/h7-15H,6,16H2,1-5H3,(H,26,30)/b25-15+. The van der Waals surface area contributed by atoms with Crippen LogP contribution < -0.4 is 5.43 Å². The molecule has 0 atom stereocenters. The number of nitrogens with zero attached hydrogens (tertiary/aromatic N) is 4. The molecule has 1 heterocycles. The van der Waals surface area contributed by atoms with E-state index in [2.05, 4.69) is 72.7 Å². The van der Waals surface area contributed by atoms with E-state index in [1.54, 1.807) is 6.21 Å². The molecule has 0 aliphatic rings. The van der Waals surface area contributed by atoms with Crippen molar-refractivity contribution < 1.29 is 4.79 Å². The van der Waals surface area contributed by atoms with E-state index in [1.807, 2.05) is 35.8 Å². The van der Waals surface area contributed by atoms with Gasteiger partial charge in [-0.05, 0) is 30.4 Å². The highest BCUT2D eigenvalue weighted by atomic mass is 32.2. The Labute approximate surface area is 188 Å². The van der Waals surface area contributed by atoms with Gasteiger partial charge in [0.1, 0.15) is 0 Å². The van der Waals surface area contributed by atoms with Gasteiger partial charge in [-0.3, -0.25) is 4.79 Å². The molecule has 1 N–H and O–H groups in total. The van der Waals surface area contributed by atoms with Crippen LogP contribution in [-0.2, 0) is 16.8 Å². The first-order valence-corrected chi connectivity index (χ1v) is 11.3. The molecular formula is C24H29N5OS. The summed E-state index contributed by atoms with van der Waals surface area (Å²) in [6.45, 7) is 11.4. The largest absolute Gasteiger partial charge is 0.302 e. The van der Waals surface area contributed by atoms with Crippen LogP contribution in [-0.4, -0.2) is 32.6 Å². The van der Waals surface area contributed by atoms with Gasteiger partial charge < -0.3 is 4.57 Å². The summed E-state index contributed by atoms with van der Waals surface area (Å²) in [7, 11) is 0. The van der Waals surface area contributed by atoms with Crippen molar-refractivity contribution in [3.63, 3.8) is 0 Å². The summed E-state index contributed by atoms with van der Waals surface area (Å²) in [6.07, 6.45) is 1.65. The fourth-order valence-electron chi connectivity index (χ4n) is 3.01. The molecule has 7 heteroatoms. The molecule has 3 aromatic rings. The number of nitrogens with one attached hydrogen (secondary N) is 1. The smallest absolute Gasteiger partial charge is 0.250 e. The summed E-state index contributed by atoms with van der Waals surface area (Å²) in [5.74, 6) is 0.837. The highest BCUT2D eigenvalue weighted by molar-refractivity contribution is 7.99. The molecule has 162 valence electrons. The van der Waals surface area contributed by atoms with Crippen molar-refractivity contribution in [1.82, 2.24) is 20.2 Å². The summed E-state index contributed by atoms with van der Waals surface area (Å²) in [5.41, 5.74) is 7.10. The fourth-order valence-corrected chi connectivity index (χ4v) is 3.80. The molecule has 0 unspecified atom stereocenters. The lowest BCUT2D eigenvalue weighted by molar-refractivity contribution is -0.118. The number of amides is 1. The lowest BCUT2D eigenvalue weighted by Gasteiger charge is -2.18. The van der Waals surface area contributed by atoms with E-state index in [-0.39, 0.29) is 17.1 Å². The van der Waals surface area contributed by atoms with Crippen LogP contribution in [0.15, 0.2) is 58.8 Å². The number of carbonyl (C=O) groups is 1. The Balaban J connectivity index is 1.56. The predicted octanol–water partition coefficient (Wildman–Crippen LogP) is 4.81. The van der Waals surface area contributed by atoms with E-state index in [1.165, 1.54) is 22.9 Å². The number of aromatic nitrogens is 3. The molecule has 2 aromatic carbocycles. The first-order valence-electron chi connectivity index (χ1n) is 10.3. The minimum Gasteiger partial charge on any atom is -0.302 e. The van der Waals surface area contributed by atoms with E-state index in [4.69, 9.17) is 0 Å². The molecule has 3 rings (SSSR count). The maximum absolute atomic E-state index is 12.2. The van der Waals surface area contributed by atoms with E-state index >= 15 is 0 Å². The van der Waals surface area contributed by atoms with Crippen molar-refractivity contribution in [1.29, 1.82) is 0 Å². The summed E-state index contributed by atoms with van der Waals surface area (Å²) < 4.78 is 2.02. The van der Waals surface area contributed by atoms with Gasteiger partial charge in [-0.15, -0.1) is 10.2 Å². The van der Waals surface area contributed by atoms with Crippen LogP contribution in [0.25, 0.3) is 11.4 Å². The quantitative estimate of drug-likeness (QED) is 0.328. The number of rotatable bonds is 7. The number of aryl methyl sites for hydroxylation is 1. The van der Waals surface area contributed by atoms with Crippen molar-refractivity contribution in [3.8, 4) is 11.4 Å². The normalized spacial score (nSPS) is 11.8. The zero-order valence-electron chi connectivity index (χ0n) is 18.7. The lowest BCUT2D eigenvalue weighted by Crippen LogP contribution is -2.20. The van der Waals surface area contributed by atoms with Gasteiger partial charge in [-0.2, -0.15) is 5.10 Å². The molecule has 0 spiro atoms. The first-order chi connectivity index (χ1) is 14.8. The molecule has 6 nitrogen and oxygen atoms in total. The van der Waals surface area contributed by atoms with E-state index in [0.29, 0.717) is 0 Å². The van der Waals surface area contributed by atoms with E-state index in [9.17, 15) is 4.79 Å². The number of hydrogen-bond donors (Lipinski definition) is 1. The fraction of sp³-hybridized carbons (Fsp3) is 0.333. The van der Waals surface area contributed by atoms with Crippen LogP contribution in [0, 0.1) is 6.92 Å². The number of thioether (sulfide) groups is 1. The molecule has 1 amide bonds. The SMILES string of the molecule is CCn1c(SCC(=O)N/N=C/c2ccc(C(C)(C)C)cc2)nnc1-c1ccc(C)cc1. The summed E-state index contributed by atoms with van der Waals surface area (Å²) >= 11 is 1.35. The molecule has 0 fully saturated rings. The van der Waals surface area contributed by atoms with Crippen molar-refractivity contribution in [3.05, 3.63) is 65.2 Å². The maximum atomic E-state index is 12.2. The minimum absolute atomic E-state index is 0.111. The van der Waals surface area contributed by atoms with E-state index in [0.717, 1.165) is 28.7 Å². The first kappa shape index (κ1) is 22.7. The van der Waals surface area contributed by atoms with Crippen LogP contribution in [0.2, 0.25) is 0 Å². The highest BCUT2D eigenvalue weighted by Crippen LogP contribution is 2.24. The van der Waals surface area contributed by atoms with Gasteiger partial charge in [0, 0.05) is 12.1 Å². The van der Waals surface area contributed by atoms with Gasteiger partial charge in [-0.1, -0.05) is 86.6 Å². The van der Waals surface area contributed by atoms with Crippen LogP contribution >= 0.6 is 11.8 Å². The van der Waals surface area contributed by atoms with Crippen molar-refractivity contribution in [2.75, 3.05) is 5.75 Å². The molecule has 0 radical (unpaired) electrons. The molecule has 0 saturated carbocycles. The van der Waals surface area contributed by atoms with Gasteiger partial charge in [0.15, 0.2) is 11.0 Å². The number of hydrazone groups is 1. The molecule has 1 aromatic heterocycles. The third kappa shape index (κ3) is 6.04. The molecule has 0 bridgehead atoms. The molecule has 0 aliphatic carbocycles. The second kappa shape index (κ2) is 9.92. The topological polar surface area (TPSA) is 72.2 Å². The van der Waals surface area contributed by atoms with Crippen molar-refractivity contribution >= 4 is 23.9 Å². The molecular weight excluding hydrogens is 406 g/mol. The number of carbonyl (C=O) groups excluding carboxylic acids is 1. The Bertz CT molecular complexity index is 1050. The van der Waals surface area contributed by atoms with Gasteiger partial charge >= 0.3 is 0 Å². The van der Waals surface area contributed by atoms with Crippen molar-refractivity contribution in [2.45, 2.75) is 51.7 Å². The van der Waals surface area contributed by atoms with Crippen LogP contribution in [0.3, 0.4) is 0 Å².